The number of amides is 1. The fraction of sp³-hybridized carbons (Fsp3) is 0.273. The lowest BCUT2D eigenvalue weighted by Crippen LogP contribution is -2.38. The van der Waals surface area contributed by atoms with Crippen LogP contribution in [0.2, 0.25) is 0 Å². The highest BCUT2D eigenvalue weighted by molar-refractivity contribution is 5.84. The van der Waals surface area contributed by atoms with Gasteiger partial charge in [-0.2, -0.15) is 5.10 Å². The first-order valence-corrected chi connectivity index (χ1v) is 9.20. The number of rotatable bonds is 2. The van der Waals surface area contributed by atoms with Gasteiger partial charge in [-0.05, 0) is 47.1 Å². The van der Waals surface area contributed by atoms with Crippen molar-refractivity contribution >= 4 is 5.91 Å². The van der Waals surface area contributed by atoms with Gasteiger partial charge in [-0.15, -0.1) is 0 Å². The summed E-state index contributed by atoms with van der Waals surface area (Å²) in [6, 6.07) is 16.9. The molecular formula is C22H21N3O. The van der Waals surface area contributed by atoms with E-state index in [1.54, 1.807) is 0 Å². The van der Waals surface area contributed by atoms with Crippen molar-refractivity contribution in [3.05, 3.63) is 77.1 Å². The van der Waals surface area contributed by atoms with Crippen molar-refractivity contribution in [2.24, 2.45) is 5.92 Å². The van der Waals surface area contributed by atoms with Crippen LogP contribution in [0.3, 0.4) is 0 Å². The van der Waals surface area contributed by atoms with E-state index in [-0.39, 0.29) is 17.9 Å². The number of carbonyl (C=O) groups excluding carboxylic acids is 1. The van der Waals surface area contributed by atoms with Gasteiger partial charge in [-0.25, -0.2) is 0 Å². The average molecular weight is 343 g/mol. The fourth-order valence-corrected chi connectivity index (χ4v) is 4.59. The lowest BCUT2D eigenvalue weighted by molar-refractivity contribution is -0.136. The van der Waals surface area contributed by atoms with Crippen LogP contribution in [0.4, 0.5) is 0 Å². The lowest BCUT2D eigenvalue weighted by atomic mass is 9.86. The monoisotopic (exact) mass is 343 g/mol. The Morgan fingerprint density at radius 1 is 1.08 bits per heavy atom. The number of hydrogen-bond donors (Lipinski definition) is 1. The minimum absolute atomic E-state index is 0.000599. The molecule has 0 bridgehead atoms. The van der Waals surface area contributed by atoms with E-state index in [2.05, 4.69) is 58.7 Å². The van der Waals surface area contributed by atoms with E-state index in [1.165, 1.54) is 33.5 Å². The van der Waals surface area contributed by atoms with Crippen LogP contribution >= 0.6 is 0 Å². The Morgan fingerprint density at radius 2 is 1.73 bits per heavy atom. The molecule has 0 saturated carbocycles. The van der Waals surface area contributed by atoms with Crippen molar-refractivity contribution in [3.63, 3.8) is 0 Å². The fourth-order valence-electron chi connectivity index (χ4n) is 4.59. The van der Waals surface area contributed by atoms with Gasteiger partial charge in [0.05, 0.1) is 12.2 Å². The Balaban J connectivity index is 1.49. The average Bonchev–Trinajstić information content (AvgIpc) is 3.28. The lowest BCUT2D eigenvalue weighted by Gasteiger charge is -2.31. The quantitative estimate of drug-likeness (QED) is 0.770. The zero-order valence-corrected chi connectivity index (χ0v) is 14.8. The van der Waals surface area contributed by atoms with Crippen LogP contribution in [0.5, 0.6) is 0 Å². The summed E-state index contributed by atoms with van der Waals surface area (Å²) in [7, 11) is 1.96. The summed E-state index contributed by atoms with van der Waals surface area (Å²) in [5.74, 6) is 0.262. The van der Waals surface area contributed by atoms with Gasteiger partial charge in [0.25, 0.3) is 0 Å². The van der Waals surface area contributed by atoms with Crippen LogP contribution < -0.4 is 0 Å². The van der Waals surface area contributed by atoms with Crippen LogP contribution in [-0.2, 0) is 17.6 Å². The standard InChI is InChI=1S/C22H21N3O/c1-25(22(26)14-10-11-20-15(12-14)13-23-24-20)21-18-8-4-2-6-16(18)17-7-3-5-9-19(17)21/h2-9,13-14,21H,10-12H2,1H3,(H,23,24). The number of nitrogens with zero attached hydrogens (tertiary/aromatic N) is 2. The first-order chi connectivity index (χ1) is 12.7. The summed E-state index contributed by atoms with van der Waals surface area (Å²) in [5.41, 5.74) is 7.32. The first kappa shape index (κ1) is 15.4. The molecule has 1 N–H and O–H groups in total. The minimum atomic E-state index is 0.000599. The van der Waals surface area contributed by atoms with E-state index < -0.39 is 0 Å². The Bertz CT molecular complexity index is 945. The molecule has 0 radical (unpaired) electrons. The molecule has 2 aromatic carbocycles. The number of fused-ring (bicyclic) bond motifs is 4. The summed E-state index contributed by atoms with van der Waals surface area (Å²) in [6.07, 6.45) is 4.44. The van der Waals surface area contributed by atoms with E-state index in [1.807, 2.05) is 18.1 Å². The summed E-state index contributed by atoms with van der Waals surface area (Å²) in [5, 5.41) is 7.18. The van der Waals surface area contributed by atoms with E-state index in [0.717, 1.165) is 19.3 Å². The Labute approximate surface area is 152 Å². The van der Waals surface area contributed by atoms with Gasteiger partial charge in [-0.3, -0.25) is 9.89 Å². The van der Waals surface area contributed by atoms with E-state index in [9.17, 15) is 4.79 Å². The maximum atomic E-state index is 13.3. The molecule has 3 aromatic rings. The summed E-state index contributed by atoms with van der Waals surface area (Å²) in [4.78, 5) is 15.3. The number of hydrogen-bond acceptors (Lipinski definition) is 2. The molecule has 0 fully saturated rings. The van der Waals surface area contributed by atoms with Gasteiger partial charge in [0, 0.05) is 18.7 Å². The van der Waals surface area contributed by atoms with Gasteiger partial charge in [0.2, 0.25) is 5.91 Å². The first-order valence-electron chi connectivity index (χ1n) is 9.20. The van der Waals surface area contributed by atoms with Gasteiger partial charge in [0.1, 0.15) is 0 Å². The van der Waals surface area contributed by atoms with E-state index in [0.29, 0.717) is 0 Å². The second kappa shape index (κ2) is 5.84. The molecule has 2 aliphatic carbocycles. The van der Waals surface area contributed by atoms with Crippen LogP contribution in [0.25, 0.3) is 11.1 Å². The molecule has 1 atom stereocenters. The zero-order chi connectivity index (χ0) is 17.7. The molecule has 1 amide bonds. The summed E-state index contributed by atoms with van der Waals surface area (Å²) < 4.78 is 0. The van der Waals surface area contributed by atoms with Crippen molar-refractivity contribution in [2.45, 2.75) is 25.3 Å². The van der Waals surface area contributed by atoms with Crippen molar-refractivity contribution in [2.75, 3.05) is 7.05 Å². The molecule has 1 unspecified atom stereocenters. The summed E-state index contributed by atoms with van der Waals surface area (Å²) in [6.45, 7) is 0. The number of aromatic amines is 1. The van der Waals surface area contributed by atoms with Crippen molar-refractivity contribution in [1.29, 1.82) is 0 Å². The highest BCUT2D eigenvalue weighted by Gasteiger charge is 2.36. The molecule has 4 heteroatoms. The number of benzene rings is 2. The maximum Gasteiger partial charge on any atom is 0.226 e. The van der Waals surface area contributed by atoms with Crippen molar-refractivity contribution in [1.82, 2.24) is 15.1 Å². The highest BCUT2D eigenvalue weighted by Crippen LogP contribution is 2.46. The molecule has 0 aliphatic heterocycles. The second-order valence-corrected chi connectivity index (χ2v) is 7.34. The SMILES string of the molecule is CN(C(=O)C1CCc2[nH]ncc2C1)C1c2ccccc2-c2ccccc21. The number of aromatic nitrogens is 2. The number of carbonyl (C=O) groups is 1. The second-order valence-electron chi connectivity index (χ2n) is 7.34. The molecule has 1 heterocycles. The van der Waals surface area contributed by atoms with Crippen LogP contribution in [-0.4, -0.2) is 28.1 Å². The Hall–Kier alpha value is -2.88. The van der Waals surface area contributed by atoms with E-state index >= 15 is 0 Å². The van der Waals surface area contributed by atoms with Crippen LogP contribution in [0.1, 0.15) is 34.8 Å². The van der Waals surface area contributed by atoms with Crippen molar-refractivity contribution in [3.8, 4) is 11.1 Å². The molecule has 1 aromatic heterocycles. The molecule has 26 heavy (non-hydrogen) atoms. The number of H-pyrrole nitrogens is 1. The van der Waals surface area contributed by atoms with Crippen molar-refractivity contribution < 1.29 is 4.79 Å². The van der Waals surface area contributed by atoms with Gasteiger partial charge in [0.15, 0.2) is 0 Å². The predicted octanol–water partition coefficient (Wildman–Crippen LogP) is 3.74. The molecule has 4 nitrogen and oxygen atoms in total. The molecule has 2 aliphatic rings. The summed E-state index contributed by atoms with van der Waals surface area (Å²) >= 11 is 0. The molecule has 0 saturated heterocycles. The van der Waals surface area contributed by atoms with E-state index in [4.69, 9.17) is 0 Å². The molecular weight excluding hydrogens is 322 g/mol. The predicted molar refractivity (Wildman–Crippen MR) is 101 cm³/mol. The van der Waals surface area contributed by atoms with Crippen LogP contribution in [0, 0.1) is 5.92 Å². The zero-order valence-electron chi connectivity index (χ0n) is 14.8. The Kier molecular flexibility index (Phi) is 3.45. The highest BCUT2D eigenvalue weighted by atomic mass is 16.2. The smallest absolute Gasteiger partial charge is 0.226 e. The third kappa shape index (κ3) is 2.22. The molecule has 0 spiro atoms. The minimum Gasteiger partial charge on any atom is -0.334 e. The van der Waals surface area contributed by atoms with Crippen LogP contribution in [0.15, 0.2) is 54.7 Å². The normalized spacial score (nSPS) is 18.1. The number of nitrogens with one attached hydrogen (secondary N) is 1. The van der Waals surface area contributed by atoms with Gasteiger partial charge >= 0.3 is 0 Å². The number of aryl methyl sites for hydroxylation is 1. The maximum absolute atomic E-state index is 13.3. The topological polar surface area (TPSA) is 49.0 Å². The Morgan fingerprint density at radius 3 is 2.42 bits per heavy atom. The third-order valence-corrected chi connectivity index (χ3v) is 5.90. The molecule has 130 valence electrons. The molecule has 5 rings (SSSR count). The largest absolute Gasteiger partial charge is 0.334 e. The van der Waals surface area contributed by atoms with Gasteiger partial charge < -0.3 is 4.90 Å². The van der Waals surface area contributed by atoms with Gasteiger partial charge in [-0.1, -0.05) is 48.5 Å². The third-order valence-electron chi connectivity index (χ3n) is 5.90.